The molecule has 0 bridgehead atoms. The lowest BCUT2D eigenvalue weighted by atomic mass is 10.0. The topological polar surface area (TPSA) is 88.4 Å². The van der Waals surface area contributed by atoms with Crippen molar-refractivity contribution in [2.75, 3.05) is 25.4 Å². The van der Waals surface area contributed by atoms with Crippen LogP contribution in [0.4, 0.5) is 5.69 Å². The van der Waals surface area contributed by atoms with E-state index in [2.05, 4.69) is 10.1 Å². The van der Waals surface area contributed by atoms with Crippen LogP contribution in [0.15, 0.2) is 52.4 Å². The number of ether oxygens (including phenoxy) is 2. The van der Waals surface area contributed by atoms with Gasteiger partial charge in [-0.2, -0.15) is 0 Å². The number of aromatic amines is 1. The molecule has 1 unspecified atom stereocenters. The fraction of sp³-hybridized carbons (Fsp3) is 0.238. The Morgan fingerprint density at radius 2 is 1.90 bits per heavy atom. The molecule has 154 valence electrons. The molecule has 2 heterocycles. The van der Waals surface area contributed by atoms with Crippen LogP contribution in [0.2, 0.25) is 0 Å². The SMILES string of the molecule is COc1ccc(C2N(C(C)=O)c3ccccc3-c3c(=O)[nH]c(SC)n[n+]32)cc1OC. The molecule has 0 radical (unpaired) electrons. The molecule has 1 aromatic heterocycles. The minimum Gasteiger partial charge on any atom is -0.493 e. The minimum absolute atomic E-state index is 0.173. The maximum absolute atomic E-state index is 13.0. The summed E-state index contributed by atoms with van der Waals surface area (Å²) in [5.41, 5.74) is 2.14. The molecular weight excluding hydrogens is 404 g/mol. The third-order valence-corrected chi connectivity index (χ3v) is 5.57. The summed E-state index contributed by atoms with van der Waals surface area (Å²) >= 11 is 1.32. The summed E-state index contributed by atoms with van der Waals surface area (Å²) < 4.78 is 12.4. The van der Waals surface area contributed by atoms with E-state index in [-0.39, 0.29) is 11.5 Å². The van der Waals surface area contributed by atoms with E-state index in [1.54, 1.807) is 35.9 Å². The second-order valence-corrected chi connectivity index (χ2v) is 7.45. The van der Waals surface area contributed by atoms with Crippen molar-refractivity contribution in [3.63, 3.8) is 0 Å². The number of carbonyl (C=O) groups is 1. The van der Waals surface area contributed by atoms with Crippen LogP contribution in [-0.4, -0.2) is 36.5 Å². The number of nitrogens with zero attached hydrogens (tertiary/aromatic N) is 3. The molecule has 2 aromatic carbocycles. The summed E-state index contributed by atoms with van der Waals surface area (Å²) in [6, 6.07) is 12.7. The predicted molar refractivity (Wildman–Crippen MR) is 113 cm³/mol. The highest BCUT2D eigenvalue weighted by molar-refractivity contribution is 7.98. The van der Waals surface area contributed by atoms with Gasteiger partial charge < -0.3 is 9.47 Å². The molecule has 0 saturated carbocycles. The van der Waals surface area contributed by atoms with E-state index >= 15 is 0 Å². The van der Waals surface area contributed by atoms with Crippen LogP contribution >= 0.6 is 11.8 Å². The molecule has 1 atom stereocenters. The standard InChI is InChI=1S/C21H20N4O4S/c1-12(26)24-15-8-6-5-7-14(15)18-19(27)22-21(30-4)23-25(18)20(24)13-9-10-16(28-2)17(11-13)29-3/h5-11,20H,1-4H3/p+1. The highest BCUT2D eigenvalue weighted by atomic mass is 32.2. The maximum Gasteiger partial charge on any atom is 0.325 e. The number of H-pyrrole nitrogens is 1. The second kappa shape index (κ2) is 7.83. The monoisotopic (exact) mass is 425 g/mol. The fourth-order valence-electron chi connectivity index (χ4n) is 3.72. The summed E-state index contributed by atoms with van der Waals surface area (Å²) in [6.07, 6.45) is 1.16. The van der Waals surface area contributed by atoms with Gasteiger partial charge in [-0.05, 0) is 41.3 Å². The highest BCUT2D eigenvalue weighted by Gasteiger charge is 2.45. The summed E-state index contributed by atoms with van der Waals surface area (Å²) in [4.78, 5) is 30.3. The van der Waals surface area contributed by atoms with Crippen LogP contribution in [0, 0.1) is 0 Å². The molecule has 1 amide bonds. The lowest BCUT2D eigenvalue weighted by molar-refractivity contribution is -0.763. The molecule has 1 aliphatic heterocycles. The largest absolute Gasteiger partial charge is 0.493 e. The first-order chi connectivity index (χ1) is 14.5. The molecule has 1 aliphatic rings. The van der Waals surface area contributed by atoms with Crippen LogP contribution in [0.5, 0.6) is 11.5 Å². The minimum atomic E-state index is -0.666. The lowest BCUT2D eigenvalue weighted by Gasteiger charge is -2.31. The number of amides is 1. The number of aromatic nitrogens is 3. The normalized spacial score (nSPS) is 14.7. The van der Waals surface area contributed by atoms with Gasteiger partial charge in [0.2, 0.25) is 11.1 Å². The molecule has 3 aromatic rings. The smallest absolute Gasteiger partial charge is 0.325 e. The fourth-order valence-corrected chi connectivity index (χ4v) is 4.08. The molecule has 8 nitrogen and oxygen atoms in total. The number of rotatable bonds is 4. The number of para-hydroxylation sites is 1. The number of carbonyl (C=O) groups excluding carboxylic acids is 1. The van der Waals surface area contributed by atoms with E-state index in [9.17, 15) is 9.59 Å². The number of hydrogen-bond donors (Lipinski definition) is 1. The Kier molecular flexibility index (Phi) is 5.21. The Bertz CT molecular complexity index is 1190. The number of fused-ring (bicyclic) bond motifs is 3. The van der Waals surface area contributed by atoms with Crippen LogP contribution in [0.25, 0.3) is 11.3 Å². The van der Waals surface area contributed by atoms with Gasteiger partial charge in [0, 0.05) is 17.6 Å². The zero-order valence-electron chi connectivity index (χ0n) is 17.0. The second-order valence-electron chi connectivity index (χ2n) is 6.65. The quantitative estimate of drug-likeness (QED) is 0.510. The van der Waals surface area contributed by atoms with Crippen molar-refractivity contribution in [1.82, 2.24) is 10.1 Å². The molecule has 0 aliphatic carbocycles. The summed E-state index contributed by atoms with van der Waals surface area (Å²) in [5.74, 6) is 0.920. The van der Waals surface area contributed by atoms with Crippen molar-refractivity contribution in [3.05, 3.63) is 58.4 Å². The van der Waals surface area contributed by atoms with Crippen LogP contribution < -0.4 is 24.6 Å². The van der Waals surface area contributed by atoms with Gasteiger partial charge in [-0.3, -0.25) is 14.6 Å². The number of thioether (sulfide) groups is 1. The average molecular weight is 425 g/mol. The van der Waals surface area contributed by atoms with Gasteiger partial charge in [0.15, 0.2) is 11.5 Å². The molecule has 4 rings (SSSR count). The summed E-state index contributed by atoms with van der Waals surface area (Å²) in [5, 5.41) is 5.09. The Balaban J connectivity index is 2.06. The van der Waals surface area contributed by atoms with Gasteiger partial charge >= 0.3 is 11.3 Å². The molecular formula is C21H21N4O4S+. The Hall–Kier alpha value is -3.33. The first-order valence-electron chi connectivity index (χ1n) is 9.21. The molecule has 9 heteroatoms. The van der Waals surface area contributed by atoms with E-state index in [4.69, 9.17) is 9.47 Å². The number of methoxy groups -OCH3 is 2. The maximum atomic E-state index is 13.0. The molecule has 1 N–H and O–H groups in total. The number of anilines is 1. The van der Waals surface area contributed by atoms with Crippen molar-refractivity contribution >= 4 is 23.4 Å². The van der Waals surface area contributed by atoms with Crippen LogP contribution in [-0.2, 0) is 4.79 Å². The first-order valence-corrected chi connectivity index (χ1v) is 10.4. The van der Waals surface area contributed by atoms with Crippen molar-refractivity contribution in [1.29, 1.82) is 0 Å². The Morgan fingerprint density at radius 3 is 2.57 bits per heavy atom. The zero-order valence-corrected chi connectivity index (χ0v) is 17.8. The molecule has 0 fully saturated rings. The highest BCUT2D eigenvalue weighted by Crippen LogP contribution is 2.39. The van der Waals surface area contributed by atoms with Crippen molar-refractivity contribution < 1.29 is 19.0 Å². The molecule has 0 spiro atoms. The first kappa shape index (κ1) is 20.0. The van der Waals surface area contributed by atoms with Crippen LogP contribution in [0.3, 0.4) is 0 Å². The number of benzene rings is 2. The Labute approximate surface area is 177 Å². The Morgan fingerprint density at radius 1 is 1.17 bits per heavy atom. The van der Waals surface area contributed by atoms with Gasteiger partial charge in [-0.15, -0.1) is 0 Å². The molecule has 30 heavy (non-hydrogen) atoms. The van der Waals surface area contributed by atoms with Gasteiger partial charge in [0.25, 0.3) is 6.17 Å². The number of hydrogen-bond acceptors (Lipinski definition) is 6. The van der Waals surface area contributed by atoms with Crippen LogP contribution in [0.1, 0.15) is 18.7 Å². The lowest BCUT2D eigenvalue weighted by Crippen LogP contribution is -2.60. The third kappa shape index (κ3) is 3.11. The predicted octanol–water partition coefficient (Wildman–Crippen LogP) is 2.38. The van der Waals surface area contributed by atoms with Gasteiger partial charge in [0.1, 0.15) is 0 Å². The van der Waals surface area contributed by atoms with E-state index in [0.717, 1.165) is 5.56 Å². The van der Waals surface area contributed by atoms with Gasteiger partial charge in [-0.25, -0.2) is 4.90 Å². The van der Waals surface area contributed by atoms with E-state index in [0.29, 0.717) is 33.6 Å². The zero-order chi connectivity index (χ0) is 21.4. The van der Waals surface area contributed by atoms with E-state index in [1.165, 1.54) is 18.7 Å². The van der Waals surface area contributed by atoms with E-state index in [1.807, 2.05) is 36.6 Å². The van der Waals surface area contributed by atoms with Gasteiger partial charge in [-0.1, -0.05) is 23.9 Å². The average Bonchev–Trinajstić information content (AvgIpc) is 2.76. The van der Waals surface area contributed by atoms with Crippen molar-refractivity contribution in [3.8, 4) is 22.8 Å². The van der Waals surface area contributed by atoms with E-state index < -0.39 is 6.17 Å². The molecule has 0 saturated heterocycles. The van der Waals surface area contributed by atoms with Crippen molar-refractivity contribution in [2.45, 2.75) is 18.2 Å². The van der Waals surface area contributed by atoms with Gasteiger partial charge in [0.05, 0.1) is 25.5 Å². The summed E-state index contributed by atoms with van der Waals surface area (Å²) in [7, 11) is 3.11. The number of nitrogens with one attached hydrogen (secondary N) is 1. The van der Waals surface area contributed by atoms with Crippen molar-refractivity contribution in [2.24, 2.45) is 0 Å². The third-order valence-electron chi connectivity index (χ3n) is 5.00. The summed E-state index contributed by atoms with van der Waals surface area (Å²) in [6.45, 7) is 1.50.